The summed E-state index contributed by atoms with van der Waals surface area (Å²) in [5.74, 6) is -0.812. The van der Waals surface area contributed by atoms with Crippen LogP contribution in [0.15, 0.2) is 25.3 Å². The summed E-state index contributed by atoms with van der Waals surface area (Å²) in [6.45, 7) is 7.40. The van der Waals surface area contributed by atoms with E-state index in [9.17, 15) is 8.78 Å². The van der Waals surface area contributed by atoms with Gasteiger partial charge in [-0.15, -0.1) is 0 Å². The molecule has 0 spiro atoms. The third-order valence-corrected chi connectivity index (χ3v) is 3.00. The van der Waals surface area contributed by atoms with Crippen LogP contribution in [-0.2, 0) is 0 Å². The molecule has 0 fully saturated rings. The first kappa shape index (κ1) is 14.1. The molecule has 0 saturated heterocycles. The van der Waals surface area contributed by atoms with E-state index in [1.165, 1.54) is 0 Å². The van der Waals surface area contributed by atoms with Gasteiger partial charge in [0.05, 0.1) is 0 Å². The van der Waals surface area contributed by atoms with Crippen molar-refractivity contribution >= 4 is 23.3 Å². The lowest BCUT2D eigenvalue weighted by Gasteiger charge is -2.10. The number of rotatable bonds is 0. The number of hydrogen-bond donors (Lipinski definition) is 0. The van der Waals surface area contributed by atoms with Gasteiger partial charge in [-0.25, -0.2) is 8.78 Å². The van der Waals surface area contributed by atoms with E-state index in [0.29, 0.717) is 11.1 Å². The summed E-state index contributed by atoms with van der Waals surface area (Å²) in [5.41, 5.74) is 2.14. The zero-order valence-corrected chi connectivity index (χ0v) is 8.48. The molecule has 1 aromatic carbocycles. The molecule has 2 aliphatic rings. The summed E-state index contributed by atoms with van der Waals surface area (Å²) in [7, 11) is 0. The largest absolute Gasteiger partial charge is 0.206 e. The molecule has 3 rings (SSSR count). The zero-order chi connectivity index (χ0) is 11.4. The summed E-state index contributed by atoms with van der Waals surface area (Å²) >= 11 is 0. The standard InChI is InChI=1S/C14H8F2.2CH4/c1-7-3-5-9-11(7)13(15)10-6-4-8(2)12(10)14(9)16;;/h3-6H,1-2H2;2*1H4. The molecule has 0 nitrogen and oxygen atoms in total. The van der Waals surface area contributed by atoms with E-state index in [1.807, 2.05) is 0 Å². The van der Waals surface area contributed by atoms with Gasteiger partial charge in [-0.1, -0.05) is 52.3 Å². The maximum absolute atomic E-state index is 14.1. The Hall–Kier alpha value is -1.96. The third kappa shape index (κ3) is 1.49. The van der Waals surface area contributed by atoms with Crippen molar-refractivity contribution in [3.05, 3.63) is 59.2 Å². The number of allylic oxidation sites excluding steroid dienone is 4. The van der Waals surface area contributed by atoms with E-state index in [4.69, 9.17) is 0 Å². The SMILES string of the molecule is C.C.C=C1C=Cc2c(F)c3c(c(F)c21)C=CC3=C. The van der Waals surface area contributed by atoms with Crippen molar-refractivity contribution in [2.75, 3.05) is 0 Å². The minimum atomic E-state index is -0.406. The lowest BCUT2D eigenvalue weighted by molar-refractivity contribution is 0.591. The van der Waals surface area contributed by atoms with Crippen LogP contribution in [0.1, 0.15) is 37.1 Å². The third-order valence-electron chi connectivity index (χ3n) is 3.00. The molecular formula is C16H16F2. The molecule has 0 bridgehead atoms. The van der Waals surface area contributed by atoms with Crippen LogP contribution in [0.5, 0.6) is 0 Å². The second kappa shape index (κ2) is 4.37. The molecule has 1 aromatic rings. The summed E-state index contributed by atoms with van der Waals surface area (Å²) in [5, 5.41) is 0. The topological polar surface area (TPSA) is 0 Å². The fourth-order valence-electron chi connectivity index (χ4n) is 2.20. The summed E-state index contributed by atoms with van der Waals surface area (Å²) in [4.78, 5) is 0. The first-order valence-corrected chi connectivity index (χ1v) is 4.91. The maximum atomic E-state index is 14.1. The highest BCUT2D eigenvalue weighted by Crippen LogP contribution is 2.41. The van der Waals surface area contributed by atoms with Gasteiger partial charge in [0.2, 0.25) is 0 Å². The van der Waals surface area contributed by atoms with Crippen LogP contribution in [0, 0.1) is 11.6 Å². The van der Waals surface area contributed by atoms with E-state index >= 15 is 0 Å². The predicted molar refractivity (Wildman–Crippen MR) is 76.0 cm³/mol. The Labute approximate surface area is 107 Å². The molecule has 0 radical (unpaired) electrons. The van der Waals surface area contributed by atoms with Gasteiger partial charge in [0.1, 0.15) is 11.6 Å². The highest BCUT2D eigenvalue weighted by Gasteiger charge is 2.28. The number of hydrogen-bond acceptors (Lipinski definition) is 0. The maximum Gasteiger partial charge on any atom is 0.139 e. The van der Waals surface area contributed by atoms with E-state index in [-0.39, 0.29) is 37.1 Å². The van der Waals surface area contributed by atoms with Crippen LogP contribution in [0.3, 0.4) is 0 Å². The lowest BCUT2D eigenvalue weighted by Crippen LogP contribution is -2.00. The number of halogens is 2. The van der Waals surface area contributed by atoms with Gasteiger partial charge in [-0.3, -0.25) is 0 Å². The minimum Gasteiger partial charge on any atom is -0.206 e. The second-order valence-corrected chi connectivity index (χ2v) is 3.92. The molecule has 0 saturated carbocycles. The van der Waals surface area contributed by atoms with Crippen molar-refractivity contribution < 1.29 is 8.78 Å². The Morgan fingerprint density at radius 1 is 0.667 bits per heavy atom. The van der Waals surface area contributed by atoms with Crippen molar-refractivity contribution in [1.29, 1.82) is 0 Å². The van der Waals surface area contributed by atoms with Gasteiger partial charge in [-0.05, 0) is 11.1 Å². The molecule has 94 valence electrons. The van der Waals surface area contributed by atoms with Gasteiger partial charge in [-0.2, -0.15) is 0 Å². The van der Waals surface area contributed by atoms with Gasteiger partial charge in [0, 0.05) is 22.3 Å². The average Bonchev–Trinajstić information content (AvgIpc) is 2.80. The molecule has 0 heterocycles. The minimum absolute atomic E-state index is 0. The smallest absolute Gasteiger partial charge is 0.139 e. The molecule has 0 amide bonds. The van der Waals surface area contributed by atoms with Crippen LogP contribution in [-0.4, -0.2) is 0 Å². The van der Waals surface area contributed by atoms with Crippen molar-refractivity contribution in [3.8, 4) is 0 Å². The van der Waals surface area contributed by atoms with Crippen molar-refractivity contribution in [1.82, 2.24) is 0 Å². The summed E-state index contributed by atoms with van der Waals surface area (Å²) in [6.07, 6.45) is 6.36. The Kier molecular flexibility index (Phi) is 3.43. The summed E-state index contributed by atoms with van der Waals surface area (Å²) in [6, 6.07) is 0. The summed E-state index contributed by atoms with van der Waals surface area (Å²) < 4.78 is 28.2. The highest BCUT2D eigenvalue weighted by atomic mass is 19.1. The van der Waals surface area contributed by atoms with Gasteiger partial charge in [0.15, 0.2) is 0 Å². The van der Waals surface area contributed by atoms with Gasteiger partial charge < -0.3 is 0 Å². The van der Waals surface area contributed by atoms with Crippen LogP contribution in [0.2, 0.25) is 0 Å². The van der Waals surface area contributed by atoms with E-state index in [2.05, 4.69) is 13.2 Å². The fourth-order valence-corrected chi connectivity index (χ4v) is 2.20. The second-order valence-electron chi connectivity index (χ2n) is 3.92. The quantitative estimate of drug-likeness (QED) is 0.581. The zero-order valence-electron chi connectivity index (χ0n) is 8.48. The van der Waals surface area contributed by atoms with Crippen LogP contribution in [0.4, 0.5) is 8.78 Å². The molecular weight excluding hydrogens is 230 g/mol. The molecule has 2 heteroatoms. The average molecular weight is 246 g/mol. The Morgan fingerprint density at radius 2 is 1.00 bits per heavy atom. The molecule has 18 heavy (non-hydrogen) atoms. The van der Waals surface area contributed by atoms with E-state index in [0.717, 1.165) is 0 Å². The Morgan fingerprint density at radius 3 is 1.33 bits per heavy atom. The molecule has 0 aromatic heterocycles. The van der Waals surface area contributed by atoms with Crippen LogP contribution >= 0.6 is 0 Å². The Balaban J connectivity index is 0.000000810. The number of fused-ring (bicyclic) bond motifs is 2. The van der Waals surface area contributed by atoms with Crippen molar-refractivity contribution in [2.24, 2.45) is 0 Å². The van der Waals surface area contributed by atoms with E-state index < -0.39 is 11.6 Å². The van der Waals surface area contributed by atoms with E-state index in [1.54, 1.807) is 24.3 Å². The first-order valence-electron chi connectivity index (χ1n) is 4.91. The number of benzene rings is 1. The monoisotopic (exact) mass is 246 g/mol. The fraction of sp³-hybridized carbons (Fsp3) is 0.125. The van der Waals surface area contributed by atoms with Crippen LogP contribution in [0.25, 0.3) is 23.3 Å². The molecule has 0 aliphatic heterocycles. The van der Waals surface area contributed by atoms with Crippen molar-refractivity contribution in [3.63, 3.8) is 0 Å². The first-order chi connectivity index (χ1) is 7.61. The normalized spacial score (nSPS) is 14.1. The highest BCUT2D eigenvalue weighted by molar-refractivity contribution is 5.96. The molecule has 0 unspecified atom stereocenters. The lowest BCUT2D eigenvalue weighted by atomic mass is 9.96. The van der Waals surface area contributed by atoms with Gasteiger partial charge in [0.25, 0.3) is 0 Å². The van der Waals surface area contributed by atoms with Crippen LogP contribution < -0.4 is 0 Å². The predicted octanol–water partition coefficient (Wildman–Crippen LogP) is 5.32. The van der Waals surface area contributed by atoms with Crippen molar-refractivity contribution in [2.45, 2.75) is 14.9 Å². The van der Waals surface area contributed by atoms with Gasteiger partial charge >= 0.3 is 0 Å². The molecule has 0 atom stereocenters. The molecule has 2 aliphatic carbocycles. The Bertz CT molecular complexity index is 561. The molecule has 0 N–H and O–H groups in total.